The molecule has 3 heteroatoms. The normalized spacial score (nSPS) is 11.3. The van der Waals surface area contributed by atoms with Crippen LogP contribution in [0, 0.1) is 6.92 Å². The van der Waals surface area contributed by atoms with Crippen molar-refractivity contribution in [3.63, 3.8) is 0 Å². The summed E-state index contributed by atoms with van der Waals surface area (Å²) in [7, 11) is 3.47. The first-order valence-corrected chi connectivity index (χ1v) is 7.79. The lowest BCUT2D eigenvalue weighted by Crippen LogP contribution is -1.94. The van der Waals surface area contributed by atoms with Crippen molar-refractivity contribution in [1.82, 2.24) is 9.38 Å². The van der Waals surface area contributed by atoms with Gasteiger partial charge in [0.1, 0.15) is 5.65 Å². The van der Waals surface area contributed by atoms with Crippen LogP contribution in [0.2, 0.25) is 0 Å². The molecule has 0 bridgehead atoms. The minimum atomic E-state index is 0.893. The highest BCUT2D eigenvalue weighted by Gasteiger charge is 2.14. The van der Waals surface area contributed by atoms with Gasteiger partial charge in [0, 0.05) is 10.8 Å². The van der Waals surface area contributed by atoms with Crippen molar-refractivity contribution in [1.29, 1.82) is 0 Å². The van der Waals surface area contributed by atoms with Gasteiger partial charge in [-0.2, -0.15) is 0 Å². The van der Waals surface area contributed by atoms with E-state index in [0.29, 0.717) is 0 Å². The van der Waals surface area contributed by atoms with Gasteiger partial charge in [-0.05, 0) is 30.2 Å². The summed E-state index contributed by atoms with van der Waals surface area (Å²) in [5, 5.41) is 3.63. The lowest BCUT2D eigenvalue weighted by atomic mass is 10.0. The molecule has 0 aliphatic rings. The average Bonchev–Trinajstić information content (AvgIpc) is 2.93. The lowest BCUT2D eigenvalue weighted by Gasteiger charge is -2.10. The molecule has 106 valence electrons. The first-order chi connectivity index (χ1) is 10.7. The summed E-state index contributed by atoms with van der Waals surface area (Å²) in [6, 6.07) is 15.0. The van der Waals surface area contributed by atoms with Crippen LogP contribution in [-0.4, -0.2) is 15.2 Å². The van der Waals surface area contributed by atoms with E-state index in [1.165, 1.54) is 16.3 Å². The molecule has 0 N–H and O–H groups in total. The van der Waals surface area contributed by atoms with E-state index in [9.17, 15) is 0 Å². The number of aryl methyl sites for hydroxylation is 1. The second kappa shape index (κ2) is 4.79. The monoisotopic (exact) mass is 302 g/mol. The second-order valence-electron chi connectivity index (χ2n) is 5.46. The Morgan fingerprint density at radius 3 is 2.68 bits per heavy atom. The fourth-order valence-electron chi connectivity index (χ4n) is 3.15. The molecule has 4 rings (SSSR count). The molecule has 0 fully saturated rings. The van der Waals surface area contributed by atoms with Crippen molar-refractivity contribution in [2.45, 2.75) is 6.92 Å². The summed E-state index contributed by atoms with van der Waals surface area (Å²) in [4.78, 5) is 4.80. The third-order valence-electron chi connectivity index (χ3n) is 4.12. The number of rotatable bonds is 2. The van der Waals surface area contributed by atoms with Gasteiger partial charge in [-0.1, -0.05) is 48.5 Å². The molecule has 2 nitrogen and oxygen atoms in total. The van der Waals surface area contributed by atoms with Gasteiger partial charge in [0.05, 0.1) is 16.9 Å². The predicted octanol–water partition coefficient (Wildman–Crippen LogP) is 4.89. The van der Waals surface area contributed by atoms with E-state index < -0.39 is 0 Å². The van der Waals surface area contributed by atoms with E-state index in [1.54, 1.807) is 0 Å². The third-order valence-corrected chi connectivity index (χ3v) is 4.40. The van der Waals surface area contributed by atoms with Gasteiger partial charge in [0.15, 0.2) is 0 Å². The summed E-state index contributed by atoms with van der Waals surface area (Å²) in [5.41, 5.74) is 5.27. The SMILES string of the molecule is C=Cc1c(C=P)nc2c3ccc(C)cc3c3ccccc3n12. The van der Waals surface area contributed by atoms with Gasteiger partial charge < -0.3 is 0 Å². The van der Waals surface area contributed by atoms with Gasteiger partial charge in [-0.25, -0.2) is 4.98 Å². The van der Waals surface area contributed by atoms with Crippen LogP contribution in [0.25, 0.3) is 33.4 Å². The Morgan fingerprint density at radius 2 is 1.91 bits per heavy atom. The zero-order valence-electron chi connectivity index (χ0n) is 12.3. The van der Waals surface area contributed by atoms with E-state index in [-0.39, 0.29) is 0 Å². The van der Waals surface area contributed by atoms with Gasteiger partial charge in [-0.15, -0.1) is 8.86 Å². The van der Waals surface area contributed by atoms with E-state index in [2.05, 4.69) is 69.2 Å². The van der Waals surface area contributed by atoms with Crippen molar-refractivity contribution < 1.29 is 0 Å². The molecule has 0 amide bonds. The molecule has 2 aromatic heterocycles. The first-order valence-electron chi connectivity index (χ1n) is 7.21. The van der Waals surface area contributed by atoms with E-state index in [0.717, 1.165) is 27.9 Å². The van der Waals surface area contributed by atoms with Crippen LogP contribution in [0.3, 0.4) is 0 Å². The van der Waals surface area contributed by atoms with Crippen LogP contribution in [0.1, 0.15) is 17.0 Å². The predicted molar refractivity (Wildman–Crippen MR) is 98.5 cm³/mol. The molecule has 22 heavy (non-hydrogen) atoms. The Balaban J connectivity index is 2.42. The summed E-state index contributed by atoms with van der Waals surface area (Å²) in [5.74, 6) is 1.85. The Hall–Kier alpha value is -2.44. The van der Waals surface area contributed by atoms with Crippen LogP contribution < -0.4 is 0 Å². The maximum absolute atomic E-state index is 4.80. The molecule has 0 aliphatic heterocycles. The summed E-state index contributed by atoms with van der Waals surface area (Å²) in [6.07, 6.45) is 1.86. The maximum atomic E-state index is 4.80. The van der Waals surface area contributed by atoms with E-state index >= 15 is 0 Å². The zero-order chi connectivity index (χ0) is 15.3. The molecule has 0 saturated heterocycles. The van der Waals surface area contributed by atoms with Crippen molar-refractivity contribution >= 4 is 48.1 Å². The largest absolute Gasteiger partial charge is 0.292 e. The van der Waals surface area contributed by atoms with Crippen LogP contribution in [0.4, 0.5) is 0 Å². The Morgan fingerprint density at radius 1 is 1.09 bits per heavy atom. The number of hydrogen-bond acceptors (Lipinski definition) is 1. The molecule has 0 aliphatic carbocycles. The molecule has 0 radical (unpaired) electrons. The smallest absolute Gasteiger partial charge is 0.146 e. The summed E-state index contributed by atoms with van der Waals surface area (Å²) >= 11 is 0. The average molecular weight is 302 g/mol. The van der Waals surface area contributed by atoms with Crippen LogP contribution in [0.5, 0.6) is 0 Å². The molecule has 0 atom stereocenters. The fourth-order valence-corrected chi connectivity index (χ4v) is 3.36. The Labute approximate surface area is 130 Å². The molecule has 2 aromatic carbocycles. The highest BCUT2D eigenvalue weighted by atomic mass is 31.0. The van der Waals surface area contributed by atoms with Crippen LogP contribution in [0.15, 0.2) is 49.0 Å². The number of imidazole rings is 1. The number of nitrogens with zero attached hydrogens (tertiary/aromatic N) is 2. The first kappa shape index (κ1) is 13.2. The van der Waals surface area contributed by atoms with Gasteiger partial charge in [0.2, 0.25) is 0 Å². The minimum absolute atomic E-state index is 0.893. The van der Waals surface area contributed by atoms with Crippen molar-refractivity contribution in [2.24, 2.45) is 0 Å². The van der Waals surface area contributed by atoms with Crippen molar-refractivity contribution in [2.75, 3.05) is 0 Å². The Bertz CT molecular complexity index is 1070. The highest BCUT2D eigenvalue weighted by Crippen LogP contribution is 2.31. The number of benzene rings is 2. The summed E-state index contributed by atoms with van der Waals surface area (Å²) < 4.78 is 2.19. The van der Waals surface area contributed by atoms with Crippen LogP contribution >= 0.6 is 8.86 Å². The number of para-hydroxylation sites is 1. The van der Waals surface area contributed by atoms with Crippen molar-refractivity contribution in [3.05, 3.63) is 66.0 Å². The quantitative estimate of drug-likeness (QED) is 0.381. The lowest BCUT2D eigenvalue weighted by molar-refractivity contribution is 1.25. The highest BCUT2D eigenvalue weighted by molar-refractivity contribution is 7.19. The number of pyridine rings is 1. The third kappa shape index (κ3) is 1.68. The standard InChI is InChI=1S/C19H15N2P/c1-3-17-16(11-22)20-19-14-9-8-12(2)10-15(14)13-6-4-5-7-18(13)21(17)19/h3-11,22H,1H2,2H3. The molecule has 0 unspecified atom stereocenters. The molecule has 0 saturated carbocycles. The van der Waals surface area contributed by atoms with E-state index in [4.69, 9.17) is 4.98 Å². The number of fused-ring (bicyclic) bond motifs is 6. The molecule has 4 aromatic rings. The summed E-state index contributed by atoms with van der Waals surface area (Å²) in [6.45, 7) is 6.08. The minimum Gasteiger partial charge on any atom is -0.292 e. The molecular weight excluding hydrogens is 287 g/mol. The molecule has 0 spiro atoms. The van der Waals surface area contributed by atoms with Crippen molar-refractivity contribution in [3.8, 4) is 0 Å². The van der Waals surface area contributed by atoms with Gasteiger partial charge in [0.25, 0.3) is 0 Å². The molecule has 2 heterocycles. The fraction of sp³-hybridized carbons (Fsp3) is 0.0526. The van der Waals surface area contributed by atoms with E-state index in [1.807, 2.05) is 11.9 Å². The number of aromatic nitrogens is 2. The van der Waals surface area contributed by atoms with Crippen LogP contribution in [-0.2, 0) is 0 Å². The van der Waals surface area contributed by atoms with Gasteiger partial charge in [-0.3, -0.25) is 4.40 Å². The second-order valence-corrected chi connectivity index (χ2v) is 5.74. The number of hydrogen-bond donors (Lipinski definition) is 0. The zero-order valence-corrected chi connectivity index (χ0v) is 13.3. The maximum Gasteiger partial charge on any atom is 0.146 e. The Kier molecular flexibility index (Phi) is 2.88. The molecular formula is C19H15N2P. The topological polar surface area (TPSA) is 17.3 Å². The van der Waals surface area contributed by atoms with Gasteiger partial charge >= 0.3 is 0 Å².